The lowest BCUT2D eigenvalue weighted by Gasteiger charge is -2.34. The first-order valence-electron chi connectivity index (χ1n) is 13.3. The number of nitrogens with one attached hydrogen (secondary N) is 1. The van der Waals surface area contributed by atoms with E-state index in [1.807, 2.05) is 0 Å². The van der Waals surface area contributed by atoms with E-state index in [0.717, 1.165) is 70.0 Å². The van der Waals surface area contributed by atoms with Gasteiger partial charge in [0.05, 0.1) is 0 Å². The maximum atomic E-state index is 13.1. The minimum Gasteiger partial charge on any atom is -0.353 e. The summed E-state index contributed by atoms with van der Waals surface area (Å²) in [6, 6.07) is 6.34. The summed E-state index contributed by atoms with van der Waals surface area (Å²) in [5.74, 6) is 2.03. The van der Waals surface area contributed by atoms with Gasteiger partial charge in [-0.15, -0.1) is 0 Å². The first kappa shape index (κ1) is 24.4. The number of carbonyl (C=O) groups excluding carboxylic acids is 2. The second-order valence-electron chi connectivity index (χ2n) is 11.0. The van der Waals surface area contributed by atoms with Crippen molar-refractivity contribution < 1.29 is 14.0 Å². The van der Waals surface area contributed by atoms with Crippen molar-refractivity contribution in [3.8, 4) is 0 Å². The molecule has 1 aliphatic heterocycles. The van der Waals surface area contributed by atoms with Crippen LogP contribution in [-0.2, 0) is 4.79 Å². The third kappa shape index (κ3) is 6.88. The Morgan fingerprint density at radius 3 is 2.15 bits per heavy atom. The van der Waals surface area contributed by atoms with Gasteiger partial charge >= 0.3 is 0 Å². The van der Waals surface area contributed by atoms with Crippen molar-refractivity contribution in [3.05, 3.63) is 35.6 Å². The third-order valence-electron chi connectivity index (χ3n) is 8.52. The van der Waals surface area contributed by atoms with Gasteiger partial charge in [0.15, 0.2) is 5.78 Å². The number of piperidine rings is 1. The van der Waals surface area contributed by atoms with Crippen LogP contribution in [0.15, 0.2) is 24.3 Å². The van der Waals surface area contributed by atoms with E-state index in [1.165, 1.54) is 44.2 Å². The molecule has 3 fully saturated rings. The topological polar surface area (TPSA) is 49.4 Å². The van der Waals surface area contributed by atoms with Crippen LogP contribution in [0.1, 0.15) is 87.9 Å². The van der Waals surface area contributed by atoms with Crippen LogP contribution in [0.4, 0.5) is 4.39 Å². The molecule has 182 valence electrons. The molecule has 33 heavy (non-hydrogen) atoms. The molecule has 4 nitrogen and oxygen atoms in total. The molecule has 1 saturated heterocycles. The van der Waals surface area contributed by atoms with Gasteiger partial charge in [-0.1, -0.05) is 6.92 Å². The summed E-state index contributed by atoms with van der Waals surface area (Å²) < 4.78 is 13.1. The van der Waals surface area contributed by atoms with Gasteiger partial charge in [0.2, 0.25) is 5.91 Å². The normalized spacial score (nSPS) is 29.5. The fraction of sp³-hybridized carbons (Fsp3) is 0.714. The van der Waals surface area contributed by atoms with E-state index in [0.29, 0.717) is 17.5 Å². The van der Waals surface area contributed by atoms with Crippen molar-refractivity contribution in [2.75, 3.05) is 19.6 Å². The molecule has 3 aliphatic rings. The van der Waals surface area contributed by atoms with Gasteiger partial charge in [0, 0.05) is 23.4 Å². The lowest BCUT2D eigenvalue weighted by molar-refractivity contribution is -0.127. The highest BCUT2D eigenvalue weighted by Crippen LogP contribution is 2.31. The van der Waals surface area contributed by atoms with Gasteiger partial charge in [-0.05, 0) is 126 Å². The number of amides is 1. The van der Waals surface area contributed by atoms with Crippen LogP contribution < -0.4 is 5.32 Å². The smallest absolute Gasteiger partial charge is 0.223 e. The van der Waals surface area contributed by atoms with Gasteiger partial charge in [-0.3, -0.25) is 9.59 Å². The zero-order valence-corrected chi connectivity index (χ0v) is 20.2. The van der Waals surface area contributed by atoms with Crippen LogP contribution in [0.3, 0.4) is 0 Å². The molecular weight excluding hydrogens is 415 g/mol. The summed E-state index contributed by atoms with van der Waals surface area (Å²) in [4.78, 5) is 27.8. The Morgan fingerprint density at radius 2 is 1.52 bits per heavy atom. The molecule has 1 N–H and O–H groups in total. The molecule has 2 saturated carbocycles. The monoisotopic (exact) mass is 456 g/mol. The second-order valence-corrected chi connectivity index (χ2v) is 11.0. The number of nitrogens with zero attached hydrogens (tertiary/aromatic N) is 1. The SMILES string of the molecule is C[C@H]1CC[C@H](C(=O)NC2CCC(CCN3CCC(C(=O)c4ccc(F)cc4)CC3)CC2)CC1. The van der Waals surface area contributed by atoms with E-state index in [4.69, 9.17) is 0 Å². The average molecular weight is 457 g/mol. The molecule has 0 bridgehead atoms. The molecule has 5 heteroatoms. The Morgan fingerprint density at radius 1 is 0.879 bits per heavy atom. The van der Waals surface area contributed by atoms with Crippen LogP contribution in [-0.4, -0.2) is 42.3 Å². The highest BCUT2D eigenvalue weighted by molar-refractivity contribution is 5.97. The molecule has 0 radical (unpaired) electrons. The molecular formula is C28H41FN2O2. The number of likely N-dealkylation sites (tertiary alicyclic amines) is 1. The molecule has 2 aliphatic carbocycles. The number of rotatable bonds is 7. The number of hydrogen-bond acceptors (Lipinski definition) is 3. The second kappa shape index (κ2) is 11.6. The number of hydrogen-bond donors (Lipinski definition) is 1. The van der Waals surface area contributed by atoms with Crippen molar-refractivity contribution in [3.63, 3.8) is 0 Å². The summed E-state index contributed by atoms with van der Waals surface area (Å²) in [7, 11) is 0. The quantitative estimate of drug-likeness (QED) is 0.543. The van der Waals surface area contributed by atoms with Gasteiger partial charge in [-0.25, -0.2) is 4.39 Å². The van der Waals surface area contributed by atoms with E-state index < -0.39 is 0 Å². The Labute approximate surface area is 198 Å². The molecule has 0 atom stereocenters. The Kier molecular flexibility index (Phi) is 8.56. The van der Waals surface area contributed by atoms with Crippen molar-refractivity contribution in [2.24, 2.45) is 23.7 Å². The predicted octanol–water partition coefficient (Wildman–Crippen LogP) is 5.61. The summed E-state index contributed by atoms with van der Waals surface area (Å²) in [6.45, 7) is 5.36. The maximum absolute atomic E-state index is 13.1. The average Bonchev–Trinajstić information content (AvgIpc) is 2.84. The zero-order chi connectivity index (χ0) is 23.2. The molecule has 0 spiro atoms. The van der Waals surface area contributed by atoms with Gasteiger partial charge in [0.25, 0.3) is 0 Å². The van der Waals surface area contributed by atoms with Gasteiger partial charge in [-0.2, -0.15) is 0 Å². The lowest BCUT2D eigenvalue weighted by atomic mass is 9.81. The molecule has 1 heterocycles. The highest BCUT2D eigenvalue weighted by atomic mass is 19.1. The Balaban J connectivity index is 1.11. The highest BCUT2D eigenvalue weighted by Gasteiger charge is 2.29. The first-order valence-corrected chi connectivity index (χ1v) is 13.3. The minimum absolute atomic E-state index is 0.0677. The lowest BCUT2D eigenvalue weighted by Crippen LogP contribution is -2.42. The first-order chi connectivity index (χ1) is 16.0. The molecule has 4 rings (SSSR count). The van der Waals surface area contributed by atoms with Crippen molar-refractivity contribution in [2.45, 2.75) is 83.6 Å². The number of carbonyl (C=O) groups is 2. The Bertz CT molecular complexity index is 772. The van der Waals surface area contributed by atoms with E-state index in [2.05, 4.69) is 17.1 Å². The standard InChI is InChI=1S/C28H41FN2O2/c1-20-2-6-24(7-3-20)28(33)30-26-12-4-21(5-13-26)14-17-31-18-15-23(16-19-31)27(32)22-8-10-25(29)11-9-22/h8-11,20-21,23-24,26H,2-7,12-19H2,1H3,(H,30,33)/t20-,21?,24-,26?. The van der Waals surface area contributed by atoms with E-state index in [-0.39, 0.29) is 23.4 Å². The summed E-state index contributed by atoms with van der Waals surface area (Å²) >= 11 is 0. The summed E-state index contributed by atoms with van der Waals surface area (Å²) in [5.41, 5.74) is 0.636. The van der Waals surface area contributed by atoms with Crippen LogP contribution >= 0.6 is 0 Å². The molecule has 0 aromatic heterocycles. The number of ketones is 1. The fourth-order valence-electron chi connectivity index (χ4n) is 6.07. The van der Waals surface area contributed by atoms with Gasteiger partial charge in [0.1, 0.15) is 5.82 Å². The van der Waals surface area contributed by atoms with Crippen molar-refractivity contribution in [1.82, 2.24) is 10.2 Å². The molecule has 1 aromatic rings. The zero-order valence-electron chi connectivity index (χ0n) is 20.2. The van der Waals surface area contributed by atoms with Crippen LogP contribution in [0.5, 0.6) is 0 Å². The van der Waals surface area contributed by atoms with E-state index >= 15 is 0 Å². The number of benzene rings is 1. The molecule has 1 aromatic carbocycles. The fourth-order valence-corrected chi connectivity index (χ4v) is 6.07. The van der Waals surface area contributed by atoms with Crippen LogP contribution in [0, 0.1) is 29.5 Å². The number of Topliss-reactive ketones (excluding diaryl/α,β-unsaturated/α-hetero) is 1. The van der Waals surface area contributed by atoms with E-state index in [9.17, 15) is 14.0 Å². The maximum Gasteiger partial charge on any atom is 0.223 e. The summed E-state index contributed by atoms with van der Waals surface area (Å²) in [6.07, 6.45) is 12.2. The predicted molar refractivity (Wildman–Crippen MR) is 130 cm³/mol. The Hall–Kier alpha value is -1.75. The van der Waals surface area contributed by atoms with Crippen molar-refractivity contribution >= 4 is 11.7 Å². The molecule has 1 amide bonds. The van der Waals surface area contributed by atoms with Crippen molar-refractivity contribution in [1.29, 1.82) is 0 Å². The number of halogens is 1. The van der Waals surface area contributed by atoms with Gasteiger partial charge < -0.3 is 10.2 Å². The van der Waals surface area contributed by atoms with Crippen LogP contribution in [0.2, 0.25) is 0 Å². The van der Waals surface area contributed by atoms with E-state index in [1.54, 1.807) is 12.1 Å². The van der Waals surface area contributed by atoms with Crippen LogP contribution in [0.25, 0.3) is 0 Å². The molecule has 0 unspecified atom stereocenters. The largest absolute Gasteiger partial charge is 0.353 e. The minimum atomic E-state index is -0.295. The summed E-state index contributed by atoms with van der Waals surface area (Å²) in [5, 5.41) is 3.36. The third-order valence-corrected chi connectivity index (χ3v) is 8.52.